The molecule has 1 heterocycles. The van der Waals surface area contributed by atoms with E-state index < -0.39 is 0 Å². The van der Waals surface area contributed by atoms with Crippen LogP contribution in [0.25, 0.3) is 0 Å². The Bertz CT molecular complexity index is 763. The molecule has 1 unspecified atom stereocenters. The Hall–Kier alpha value is -2.33. The molecule has 1 amide bonds. The summed E-state index contributed by atoms with van der Waals surface area (Å²) in [6.07, 6.45) is 4.33. The number of rotatable bonds is 7. The number of amides is 1. The Morgan fingerprint density at radius 3 is 2.33 bits per heavy atom. The van der Waals surface area contributed by atoms with E-state index in [9.17, 15) is 4.79 Å². The van der Waals surface area contributed by atoms with E-state index in [1.165, 1.54) is 18.4 Å². The molecule has 4 nitrogen and oxygen atoms in total. The van der Waals surface area contributed by atoms with Crippen molar-refractivity contribution in [1.82, 2.24) is 10.2 Å². The molecule has 2 aromatic carbocycles. The summed E-state index contributed by atoms with van der Waals surface area (Å²) in [5.41, 5.74) is 2.03. The van der Waals surface area contributed by atoms with Crippen LogP contribution in [0.2, 0.25) is 0 Å². The highest BCUT2D eigenvalue weighted by atomic mass is 16.5. The lowest BCUT2D eigenvalue weighted by molar-refractivity contribution is -0.123. The first-order valence-corrected chi connectivity index (χ1v) is 9.95. The number of methoxy groups -OCH3 is 1. The van der Waals surface area contributed by atoms with Gasteiger partial charge in [-0.2, -0.15) is 0 Å². The van der Waals surface area contributed by atoms with Crippen LogP contribution in [-0.4, -0.2) is 37.6 Å². The Balaban J connectivity index is 1.46. The maximum atomic E-state index is 13.1. The molecule has 4 heteroatoms. The molecule has 0 spiro atoms. The normalized spacial score (nSPS) is 19.4. The minimum absolute atomic E-state index is 0.160. The minimum Gasteiger partial charge on any atom is -0.497 e. The monoisotopic (exact) mass is 364 g/mol. The molecule has 27 heavy (non-hydrogen) atoms. The first kappa shape index (κ1) is 18.1. The molecular formula is C23H28N2O2. The van der Waals surface area contributed by atoms with E-state index in [4.69, 9.17) is 4.74 Å². The van der Waals surface area contributed by atoms with Gasteiger partial charge in [-0.3, -0.25) is 9.69 Å². The summed E-state index contributed by atoms with van der Waals surface area (Å²) in [4.78, 5) is 15.6. The van der Waals surface area contributed by atoms with Gasteiger partial charge in [0.25, 0.3) is 0 Å². The zero-order chi connectivity index (χ0) is 18.7. The number of ether oxygens (including phenoxy) is 1. The summed E-state index contributed by atoms with van der Waals surface area (Å²) in [5.74, 6) is 0.987. The Kier molecular flexibility index (Phi) is 5.17. The van der Waals surface area contributed by atoms with Crippen molar-refractivity contribution in [3.63, 3.8) is 0 Å². The van der Waals surface area contributed by atoms with Crippen molar-refractivity contribution < 1.29 is 9.53 Å². The second kappa shape index (κ2) is 7.73. The third-order valence-corrected chi connectivity index (χ3v) is 6.05. The highest BCUT2D eigenvalue weighted by Crippen LogP contribution is 2.48. The van der Waals surface area contributed by atoms with Crippen molar-refractivity contribution in [2.24, 2.45) is 0 Å². The van der Waals surface area contributed by atoms with Crippen LogP contribution < -0.4 is 10.1 Å². The first-order chi connectivity index (χ1) is 13.2. The standard InChI is InChI=1S/C23H28N2O2/c1-27-20-11-9-19(10-12-20)23(13-14-23)22(26)24-17-21(25-15-5-6-16-25)18-7-3-2-4-8-18/h2-4,7-12,21H,5-6,13-17H2,1H3,(H,24,26). The Labute approximate surface area is 161 Å². The summed E-state index contributed by atoms with van der Waals surface area (Å²) in [5, 5.41) is 3.28. The average Bonchev–Trinajstić information content (AvgIpc) is 3.37. The molecule has 2 fully saturated rings. The second-order valence-electron chi connectivity index (χ2n) is 7.69. The average molecular weight is 364 g/mol. The van der Waals surface area contributed by atoms with Crippen molar-refractivity contribution in [3.05, 3.63) is 65.7 Å². The minimum atomic E-state index is -0.349. The summed E-state index contributed by atoms with van der Waals surface area (Å²) >= 11 is 0. The molecule has 1 N–H and O–H groups in total. The van der Waals surface area contributed by atoms with Crippen molar-refractivity contribution in [2.45, 2.75) is 37.1 Å². The van der Waals surface area contributed by atoms with E-state index in [2.05, 4.69) is 34.5 Å². The van der Waals surface area contributed by atoms with Crippen LogP contribution in [0.3, 0.4) is 0 Å². The Morgan fingerprint density at radius 1 is 1.07 bits per heavy atom. The molecule has 2 aliphatic rings. The topological polar surface area (TPSA) is 41.6 Å². The van der Waals surface area contributed by atoms with Gasteiger partial charge >= 0.3 is 0 Å². The van der Waals surface area contributed by atoms with Gasteiger partial charge < -0.3 is 10.1 Å². The molecule has 0 radical (unpaired) electrons. The largest absolute Gasteiger partial charge is 0.497 e. The predicted octanol–water partition coefficient (Wildman–Crippen LogP) is 3.68. The van der Waals surface area contributed by atoms with E-state index in [0.29, 0.717) is 6.54 Å². The van der Waals surface area contributed by atoms with Crippen LogP contribution in [0.1, 0.15) is 42.9 Å². The lowest BCUT2D eigenvalue weighted by atomic mass is 9.94. The van der Waals surface area contributed by atoms with Gasteiger partial charge in [0.15, 0.2) is 0 Å². The summed E-state index contributed by atoms with van der Waals surface area (Å²) in [6, 6.07) is 18.8. The fourth-order valence-corrected chi connectivity index (χ4v) is 4.23. The second-order valence-corrected chi connectivity index (χ2v) is 7.69. The molecule has 142 valence electrons. The lowest BCUT2D eigenvalue weighted by Gasteiger charge is -2.29. The van der Waals surface area contributed by atoms with E-state index in [1.807, 2.05) is 30.3 Å². The van der Waals surface area contributed by atoms with Crippen LogP contribution in [-0.2, 0) is 10.2 Å². The third kappa shape index (κ3) is 3.72. The molecule has 0 bridgehead atoms. The summed E-state index contributed by atoms with van der Waals surface area (Å²) in [6.45, 7) is 2.89. The number of likely N-dealkylation sites (tertiary alicyclic amines) is 1. The van der Waals surface area contributed by atoms with Gasteiger partial charge in [-0.1, -0.05) is 42.5 Å². The van der Waals surface area contributed by atoms with Gasteiger partial charge in [0.05, 0.1) is 18.6 Å². The molecule has 1 aliphatic heterocycles. The van der Waals surface area contributed by atoms with Crippen LogP contribution in [0.15, 0.2) is 54.6 Å². The maximum Gasteiger partial charge on any atom is 0.230 e. The molecule has 1 aliphatic carbocycles. The molecule has 1 saturated carbocycles. The molecule has 1 atom stereocenters. The van der Waals surface area contributed by atoms with Crippen LogP contribution in [0.5, 0.6) is 5.75 Å². The van der Waals surface area contributed by atoms with E-state index in [-0.39, 0.29) is 17.4 Å². The van der Waals surface area contributed by atoms with Crippen LogP contribution in [0, 0.1) is 0 Å². The highest BCUT2D eigenvalue weighted by molar-refractivity contribution is 5.91. The van der Waals surface area contributed by atoms with E-state index in [0.717, 1.165) is 37.2 Å². The van der Waals surface area contributed by atoms with E-state index in [1.54, 1.807) is 7.11 Å². The maximum absolute atomic E-state index is 13.1. The van der Waals surface area contributed by atoms with Crippen molar-refractivity contribution in [3.8, 4) is 5.75 Å². The number of benzene rings is 2. The SMILES string of the molecule is COc1ccc(C2(C(=O)NCC(c3ccccc3)N3CCCC3)CC2)cc1. The zero-order valence-corrected chi connectivity index (χ0v) is 16.0. The number of nitrogens with zero attached hydrogens (tertiary/aromatic N) is 1. The van der Waals surface area contributed by atoms with Crippen molar-refractivity contribution in [2.75, 3.05) is 26.7 Å². The quantitative estimate of drug-likeness (QED) is 0.815. The van der Waals surface area contributed by atoms with Gasteiger partial charge in [0.1, 0.15) is 5.75 Å². The molecule has 4 rings (SSSR count). The lowest BCUT2D eigenvalue weighted by Crippen LogP contribution is -2.41. The molecule has 1 saturated heterocycles. The predicted molar refractivity (Wildman–Crippen MR) is 107 cm³/mol. The van der Waals surface area contributed by atoms with Crippen molar-refractivity contribution >= 4 is 5.91 Å². The molecule has 0 aromatic heterocycles. The smallest absolute Gasteiger partial charge is 0.230 e. The molecular weight excluding hydrogens is 336 g/mol. The number of carbonyl (C=O) groups excluding carboxylic acids is 1. The van der Waals surface area contributed by atoms with Gasteiger partial charge in [-0.15, -0.1) is 0 Å². The fourth-order valence-electron chi connectivity index (χ4n) is 4.23. The zero-order valence-electron chi connectivity index (χ0n) is 16.0. The van der Waals surface area contributed by atoms with Gasteiger partial charge in [-0.25, -0.2) is 0 Å². The van der Waals surface area contributed by atoms with Crippen LogP contribution in [0.4, 0.5) is 0 Å². The van der Waals surface area contributed by atoms with Gasteiger partial charge in [0, 0.05) is 6.54 Å². The molecule has 2 aromatic rings. The van der Waals surface area contributed by atoms with E-state index >= 15 is 0 Å². The number of hydrogen-bond acceptors (Lipinski definition) is 3. The fraction of sp³-hybridized carbons (Fsp3) is 0.435. The number of hydrogen-bond donors (Lipinski definition) is 1. The summed E-state index contributed by atoms with van der Waals surface area (Å²) < 4.78 is 5.24. The van der Waals surface area contributed by atoms with Gasteiger partial charge in [-0.05, 0) is 62.0 Å². The first-order valence-electron chi connectivity index (χ1n) is 9.95. The van der Waals surface area contributed by atoms with Crippen LogP contribution >= 0.6 is 0 Å². The summed E-state index contributed by atoms with van der Waals surface area (Å²) in [7, 11) is 1.66. The highest BCUT2D eigenvalue weighted by Gasteiger charge is 2.51. The van der Waals surface area contributed by atoms with Gasteiger partial charge in [0.2, 0.25) is 5.91 Å². The number of nitrogens with one attached hydrogen (secondary N) is 1. The Morgan fingerprint density at radius 2 is 1.74 bits per heavy atom. The third-order valence-electron chi connectivity index (χ3n) is 6.05. The number of carbonyl (C=O) groups is 1. The van der Waals surface area contributed by atoms with Crippen molar-refractivity contribution in [1.29, 1.82) is 0 Å².